The third-order valence-electron chi connectivity index (χ3n) is 10.0. The number of halogens is 2. The van der Waals surface area contributed by atoms with Crippen molar-refractivity contribution in [1.29, 1.82) is 1.28 Å². The first-order valence-electron chi connectivity index (χ1n) is 20.0. The molecule has 0 N–H and O–H groups in total. The van der Waals surface area contributed by atoms with Gasteiger partial charge in [-0.3, -0.25) is 4.98 Å². The van der Waals surface area contributed by atoms with Crippen LogP contribution in [0.25, 0.3) is 90.9 Å². The largest absolute Gasteiger partial charge is 0 e. The Hall–Kier alpha value is -5.12. The summed E-state index contributed by atoms with van der Waals surface area (Å²) >= 11 is 8.07. The Kier molecular flexibility index (Phi) is 17.1. The SMILES string of the molecule is C1=Cc2nc1c(-c1ccccc1)c1ccc([n-]1)c(-c1ccccc1)c1nc(c(-c3ccccc3)c3ccc([n-]3)c2-c2ccccc2)C=C1.CN(C)c1ccncc1.[3H]PPCl.[Cl][Co+2].[Co]. The van der Waals surface area contributed by atoms with Gasteiger partial charge in [-0.15, -0.1) is 22.1 Å². The smallest absolute Gasteiger partial charge is 0 e. The van der Waals surface area contributed by atoms with Crippen LogP contribution in [0.3, 0.4) is 0 Å². The van der Waals surface area contributed by atoms with Gasteiger partial charge >= 0.3 is 25.0 Å². The molecule has 0 spiro atoms. The second-order valence-corrected chi connectivity index (χ2v) is 16.5. The van der Waals surface area contributed by atoms with E-state index in [-0.39, 0.29) is 25.7 Å². The summed E-state index contributed by atoms with van der Waals surface area (Å²) in [5.41, 5.74) is 16.2. The summed E-state index contributed by atoms with van der Waals surface area (Å²) in [6, 6.07) is 53.9. The average Bonchev–Trinajstić information content (AvgIpc) is 4.20. The van der Waals surface area contributed by atoms with E-state index >= 15 is 0 Å². The van der Waals surface area contributed by atoms with E-state index in [0.29, 0.717) is 7.62 Å². The summed E-state index contributed by atoms with van der Waals surface area (Å²) in [6.07, 6.45) is 12.0. The number of anilines is 1. The maximum Gasteiger partial charge on any atom is 0 e. The first kappa shape index (κ1) is 45.9. The van der Waals surface area contributed by atoms with Gasteiger partial charge in [-0.2, -0.15) is 0 Å². The van der Waals surface area contributed by atoms with Gasteiger partial charge in [0.05, 0.1) is 24.1 Å². The van der Waals surface area contributed by atoms with Crippen LogP contribution in [0.1, 0.15) is 22.8 Å². The fraction of sp³-hybridized carbons (Fsp3) is 0.0392. The van der Waals surface area contributed by atoms with Crippen LogP contribution in [0, 0.1) is 0 Å². The van der Waals surface area contributed by atoms with Gasteiger partial charge in [-0.25, -0.2) is 9.97 Å². The molecule has 1 radical (unpaired) electrons. The Labute approximate surface area is 401 Å². The molecule has 6 heterocycles. The van der Waals surface area contributed by atoms with Gasteiger partial charge < -0.3 is 14.9 Å². The molecule has 10 rings (SSSR count). The summed E-state index contributed by atoms with van der Waals surface area (Å²) in [7, 11) is 8.84. The molecule has 8 aromatic rings. The molecule has 2 aliphatic heterocycles. The number of rotatable bonds is 6. The minimum Gasteiger partial charge on any atom is 0 e. The molecule has 0 fully saturated rings. The number of hydrogen-bond donors (Lipinski definition) is 0. The van der Waals surface area contributed by atoms with Crippen molar-refractivity contribution >= 4 is 89.9 Å². The van der Waals surface area contributed by atoms with E-state index in [9.17, 15) is 0 Å². The van der Waals surface area contributed by atoms with Gasteiger partial charge in [-0.1, -0.05) is 166 Å². The summed E-state index contributed by atoms with van der Waals surface area (Å²) < 4.78 is 6.36. The molecule has 0 saturated carbocycles. The van der Waals surface area contributed by atoms with Gasteiger partial charge in [-0.05, 0) is 88.6 Å². The zero-order valence-corrected chi connectivity index (χ0v) is 39.7. The summed E-state index contributed by atoms with van der Waals surface area (Å²) in [4.78, 5) is 27.2. The van der Waals surface area contributed by atoms with Gasteiger partial charge in [0.15, 0.2) is 0 Å². The third kappa shape index (κ3) is 11.3. The van der Waals surface area contributed by atoms with Crippen molar-refractivity contribution in [3.8, 4) is 44.5 Å². The van der Waals surface area contributed by atoms with Crippen LogP contribution < -0.4 is 14.9 Å². The van der Waals surface area contributed by atoms with E-state index in [1.165, 1.54) is 5.69 Å². The average molecular weight is 991 g/mol. The maximum absolute atomic E-state index is 6.36. The Balaban J connectivity index is 0.000000368. The zero-order valence-electron chi connectivity index (χ0n) is 35.1. The van der Waals surface area contributed by atoms with Crippen LogP contribution in [-0.2, 0) is 31.6 Å². The van der Waals surface area contributed by atoms with Crippen molar-refractivity contribution in [1.82, 2.24) is 24.9 Å². The number of nitrogens with zero attached hydrogens (tertiary/aromatic N) is 6. The minimum atomic E-state index is 0. The maximum atomic E-state index is 6.36. The first-order chi connectivity index (χ1) is 31.0. The molecule has 2 atom stereocenters. The van der Waals surface area contributed by atoms with Crippen molar-refractivity contribution in [2.24, 2.45) is 0 Å². The normalized spacial score (nSPS) is 11.4. The monoisotopic (exact) mass is 989 g/mol. The third-order valence-corrected chi connectivity index (χ3v) is 10.0. The van der Waals surface area contributed by atoms with Gasteiger partial charge in [0.25, 0.3) is 0 Å². The van der Waals surface area contributed by atoms with Crippen LogP contribution >= 0.6 is 37.9 Å². The van der Waals surface area contributed by atoms with Crippen LogP contribution in [0.5, 0.6) is 0 Å². The molecule has 2 aliphatic rings. The number of aromatic nitrogens is 5. The predicted molar refractivity (Wildman–Crippen MR) is 267 cm³/mol. The molecule has 4 aromatic carbocycles. The molecule has 0 aliphatic carbocycles. The fourth-order valence-corrected chi connectivity index (χ4v) is 7.33. The summed E-state index contributed by atoms with van der Waals surface area (Å²) in [5.74, 6) is 0. The minimum absolute atomic E-state index is 0. The first-order valence-corrected chi connectivity index (χ1v) is 24.5. The predicted octanol–water partition coefficient (Wildman–Crippen LogP) is 14.0. The molecule has 0 amide bonds. The summed E-state index contributed by atoms with van der Waals surface area (Å²) in [5, 5.41) is 0. The molecule has 63 heavy (non-hydrogen) atoms. The molecule has 12 heteroatoms. The van der Waals surface area contributed by atoms with E-state index in [1.807, 2.05) is 55.4 Å². The quantitative estimate of drug-likeness (QED) is 0.155. The number of pyridine rings is 1. The topological polar surface area (TPSA) is 70.1 Å². The van der Waals surface area contributed by atoms with E-state index in [0.717, 1.165) is 89.4 Å². The van der Waals surface area contributed by atoms with Crippen molar-refractivity contribution in [3.05, 3.63) is 193 Å². The van der Waals surface area contributed by atoms with Gasteiger partial charge in [0, 0.05) is 49.0 Å². The van der Waals surface area contributed by atoms with Gasteiger partial charge in [0.2, 0.25) is 0 Å². The van der Waals surface area contributed by atoms with Crippen molar-refractivity contribution in [2.75, 3.05) is 19.0 Å². The van der Waals surface area contributed by atoms with Crippen LogP contribution in [-0.4, -0.2) is 30.3 Å². The molecular weight excluding hydrogens is 947 g/mol. The second-order valence-electron chi connectivity index (χ2n) is 14.0. The zero-order chi connectivity index (χ0) is 44.0. The van der Waals surface area contributed by atoms with E-state index in [4.69, 9.17) is 32.5 Å². The Bertz CT molecular complexity index is 2620. The standard InChI is InChI=1S/C44H28N4.C7H10N2.ClH3P2.ClH.2Co/c1-5-13-29(14-6-1)41-33-21-23-35(45-33)42(30-15-7-2-8-16-30)37-25-27-39(47-37)44(32-19-11-4-12-20-32)40-28-26-38(48-40)43(31-17-9-3-10-18-31)36-24-22-34(41)46-36;1-9(2)7-3-5-8-6-4-7;1-3-2;;;/h1-28H;3-6H,1-2H3;3H,2H2;1H;;/q-2;;;;;+3/p-1/i;;2T;;;. The van der Waals surface area contributed by atoms with Crippen LogP contribution in [0.4, 0.5) is 5.69 Å². The van der Waals surface area contributed by atoms with Crippen molar-refractivity contribution < 1.29 is 31.6 Å². The molecule has 2 unspecified atom stereocenters. The number of fused-ring (bicyclic) bond motifs is 8. The van der Waals surface area contributed by atoms with E-state index in [1.54, 1.807) is 12.4 Å². The summed E-state index contributed by atoms with van der Waals surface area (Å²) in [6.45, 7) is 0. The second kappa shape index (κ2) is 23.5. The van der Waals surface area contributed by atoms with Gasteiger partial charge in [0.1, 0.15) is 0 Å². The fourth-order valence-electron chi connectivity index (χ4n) is 7.33. The number of hydrogen-bond acceptors (Lipinski definition) is 4. The Morgan fingerprint density at radius 2 is 0.762 bits per heavy atom. The van der Waals surface area contributed by atoms with E-state index < -0.39 is 0 Å². The van der Waals surface area contributed by atoms with Crippen LogP contribution in [0.2, 0.25) is 0 Å². The van der Waals surface area contributed by atoms with Crippen LogP contribution in [0.15, 0.2) is 170 Å². The van der Waals surface area contributed by atoms with Crippen molar-refractivity contribution in [2.45, 2.75) is 0 Å². The number of benzene rings is 4. The molecule has 8 bridgehead atoms. The molecular formula is C51H41Cl2Co2N6P2. The molecule has 0 saturated heterocycles. The van der Waals surface area contributed by atoms with E-state index in [2.05, 4.69) is 176 Å². The Morgan fingerprint density at radius 1 is 0.492 bits per heavy atom. The molecule has 4 aromatic heterocycles. The molecule has 6 nitrogen and oxygen atoms in total. The van der Waals surface area contributed by atoms with Crippen molar-refractivity contribution in [3.63, 3.8) is 0 Å². The molecule has 317 valence electrons. The Morgan fingerprint density at radius 3 is 0.984 bits per heavy atom.